The number of hydrogen-bond donors (Lipinski definition) is 4. The van der Waals surface area contributed by atoms with Crippen molar-refractivity contribution in [2.75, 3.05) is 25.6 Å². The van der Waals surface area contributed by atoms with Gasteiger partial charge < -0.3 is 24.8 Å². The van der Waals surface area contributed by atoms with E-state index in [0.29, 0.717) is 31.3 Å². The van der Waals surface area contributed by atoms with E-state index < -0.39 is 0 Å². The number of nitrogens with zero attached hydrogens (tertiary/aromatic N) is 1. The predicted octanol–water partition coefficient (Wildman–Crippen LogP) is 2.89. The highest BCUT2D eigenvalue weighted by molar-refractivity contribution is 5.76. The summed E-state index contributed by atoms with van der Waals surface area (Å²) in [4.78, 5) is 12.1. The van der Waals surface area contributed by atoms with Crippen molar-refractivity contribution in [1.82, 2.24) is 15.9 Å². The fraction of sp³-hybridized carbons (Fsp3) is 0.542. The summed E-state index contributed by atoms with van der Waals surface area (Å²) in [5.74, 6) is 0.318. The van der Waals surface area contributed by atoms with Gasteiger partial charge in [0.2, 0.25) is 5.88 Å². The van der Waals surface area contributed by atoms with Crippen molar-refractivity contribution in [3.63, 3.8) is 0 Å². The molecular weight excluding hydrogens is 424 g/mol. The molecule has 4 N–H and O–H groups in total. The molecule has 0 bridgehead atoms. The maximum absolute atomic E-state index is 12.1. The van der Waals surface area contributed by atoms with Gasteiger partial charge in [-0.15, -0.1) is 0 Å². The monoisotopic (exact) mass is 458 g/mol. The molecule has 1 aromatic carbocycles. The summed E-state index contributed by atoms with van der Waals surface area (Å²) in [7, 11) is 1.57. The van der Waals surface area contributed by atoms with E-state index in [1.807, 2.05) is 32.1 Å². The van der Waals surface area contributed by atoms with Crippen LogP contribution in [0.15, 0.2) is 35.7 Å². The minimum atomic E-state index is -0.247. The number of methoxy groups -OCH3 is 1. The van der Waals surface area contributed by atoms with Gasteiger partial charge in [0.15, 0.2) is 0 Å². The van der Waals surface area contributed by atoms with Gasteiger partial charge in [-0.3, -0.25) is 10.0 Å². The van der Waals surface area contributed by atoms with Crippen LogP contribution in [0.2, 0.25) is 0 Å². The molecule has 1 saturated heterocycles. The molecule has 33 heavy (non-hydrogen) atoms. The molecule has 1 aromatic rings. The molecule has 9 heteroatoms. The number of hydrazine groups is 1. The van der Waals surface area contributed by atoms with Gasteiger partial charge in [-0.1, -0.05) is 6.07 Å². The number of esters is 1. The summed E-state index contributed by atoms with van der Waals surface area (Å²) in [6.07, 6.45) is 5.05. The summed E-state index contributed by atoms with van der Waals surface area (Å²) >= 11 is 0. The Hall–Kier alpha value is -2.75. The third-order valence-electron chi connectivity index (χ3n) is 6.03. The Kier molecular flexibility index (Phi) is 7.42. The van der Waals surface area contributed by atoms with Crippen molar-refractivity contribution >= 4 is 17.4 Å². The SMILES string of the molecule is COC1=CC2=C(c3ccc(N[C@@H]4CC[C@H](C(=O)OC(C)C)NC4)cc3COCCC2)N(O)N1. The fourth-order valence-corrected chi connectivity index (χ4v) is 4.45. The minimum absolute atomic E-state index is 0.105. The van der Waals surface area contributed by atoms with Gasteiger partial charge in [0.1, 0.15) is 6.04 Å². The number of hydroxylamine groups is 1. The lowest BCUT2D eigenvalue weighted by atomic mass is 9.97. The maximum Gasteiger partial charge on any atom is 0.323 e. The van der Waals surface area contributed by atoms with Crippen molar-refractivity contribution in [2.24, 2.45) is 0 Å². The number of hydrogen-bond acceptors (Lipinski definition) is 9. The van der Waals surface area contributed by atoms with E-state index >= 15 is 0 Å². The first-order valence-corrected chi connectivity index (χ1v) is 11.6. The van der Waals surface area contributed by atoms with Crippen LogP contribution in [0.4, 0.5) is 5.69 Å². The number of ether oxygens (including phenoxy) is 3. The van der Waals surface area contributed by atoms with Crippen LogP contribution in [-0.4, -0.2) is 54.8 Å². The Bertz CT molecular complexity index is 921. The van der Waals surface area contributed by atoms with Gasteiger partial charge in [0, 0.05) is 36.5 Å². The van der Waals surface area contributed by atoms with Crippen LogP contribution >= 0.6 is 0 Å². The Balaban J connectivity index is 1.49. The van der Waals surface area contributed by atoms with Gasteiger partial charge in [0.05, 0.1) is 25.5 Å². The molecule has 0 aromatic heterocycles. The second-order valence-corrected chi connectivity index (χ2v) is 8.90. The molecule has 4 rings (SSSR count). The van der Waals surface area contributed by atoms with E-state index in [1.165, 1.54) is 0 Å². The highest BCUT2D eigenvalue weighted by Crippen LogP contribution is 2.34. The van der Waals surface area contributed by atoms with E-state index in [9.17, 15) is 10.0 Å². The fourth-order valence-electron chi connectivity index (χ4n) is 4.45. The Morgan fingerprint density at radius 1 is 1.33 bits per heavy atom. The molecule has 3 aliphatic heterocycles. The molecule has 0 unspecified atom stereocenters. The highest BCUT2D eigenvalue weighted by atomic mass is 16.6. The van der Waals surface area contributed by atoms with Gasteiger partial charge >= 0.3 is 5.97 Å². The molecule has 3 aliphatic rings. The number of benzene rings is 1. The van der Waals surface area contributed by atoms with E-state index in [-0.39, 0.29) is 24.2 Å². The Labute approximate surface area is 194 Å². The Morgan fingerprint density at radius 2 is 2.18 bits per heavy atom. The lowest BCUT2D eigenvalue weighted by Crippen LogP contribution is -2.49. The zero-order valence-electron chi connectivity index (χ0n) is 19.5. The molecule has 1 fully saturated rings. The summed E-state index contributed by atoms with van der Waals surface area (Å²) < 4.78 is 16.5. The number of carbonyl (C=O) groups is 1. The largest absolute Gasteiger partial charge is 0.481 e. The van der Waals surface area contributed by atoms with Crippen molar-refractivity contribution in [1.29, 1.82) is 0 Å². The first kappa shape index (κ1) is 23.4. The third-order valence-corrected chi connectivity index (χ3v) is 6.03. The zero-order chi connectivity index (χ0) is 23.4. The van der Waals surface area contributed by atoms with Crippen molar-refractivity contribution < 1.29 is 24.2 Å². The second-order valence-electron chi connectivity index (χ2n) is 8.90. The first-order valence-electron chi connectivity index (χ1n) is 11.6. The quantitative estimate of drug-likeness (QED) is 0.496. The third kappa shape index (κ3) is 5.61. The number of nitrogens with one attached hydrogen (secondary N) is 3. The number of piperidine rings is 1. The Morgan fingerprint density at radius 3 is 2.91 bits per heavy atom. The topological polar surface area (TPSA) is 104 Å². The molecule has 0 spiro atoms. The van der Waals surface area contributed by atoms with E-state index in [2.05, 4.69) is 22.1 Å². The average Bonchev–Trinajstić information content (AvgIpc) is 2.87. The molecule has 0 amide bonds. The minimum Gasteiger partial charge on any atom is -0.481 e. The van der Waals surface area contributed by atoms with Gasteiger partial charge in [0.25, 0.3) is 0 Å². The average molecular weight is 459 g/mol. The first-order chi connectivity index (χ1) is 15.9. The van der Waals surface area contributed by atoms with Crippen LogP contribution in [0.1, 0.15) is 50.7 Å². The highest BCUT2D eigenvalue weighted by Gasteiger charge is 2.28. The zero-order valence-corrected chi connectivity index (χ0v) is 19.5. The number of allylic oxidation sites excluding steroid dienone is 2. The van der Waals surface area contributed by atoms with Crippen LogP contribution in [0.5, 0.6) is 0 Å². The van der Waals surface area contributed by atoms with E-state index in [0.717, 1.165) is 53.2 Å². The van der Waals surface area contributed by atoms with Gasteiger partial charge in [-0.05, 0) is 62.8 Å². The summed E-state index contributed by atoms with van der Waals surface area (Å²) in [6, 6.07) is 6.06. The number of rotatable bonds is 5. The van der Waals surface area contributed by atoms with Crippen LogP contribution in [0, 0.1) is 0 Å². The number of anilines is 1. The van der Waals surface area contributed by atoms with Crippen LogP contribution in [0.25, 0.3) is 5.70 Å². The molecule has 3 heterocycles. The van der Waals surface area contributed by atoms with Crippen molar-refractivity contribution in [2.45, 2.75) is 64.3 Å². The molecule has 0 radical (unpaired) electrons. The van der Waals surface area contributed by atoms with E-state index in [1.54, 1.807) is 7.11 Å². The summed E-state index contributed by atoms with van der Waals surface area (Å²) in [5.41, 5.74) is 7.45. The van der Waals surface area contributed by atoms with Crippen molar-refractivity contribution in [3.8, 4) is 0 Å². The van der Waals surface area contributed by atoms with Crippen LogP contribution in [0.3, 0.4) is 0 Å². The summed E-state index contributed by atoms with van der Waals surface area (Å²) in [6.45, 7) is 5.51. The summed E-state index contributed by atoms with van der Waals surface area (Å²) in [5, 5.41) is 18.6. The van der Waals surface area contributed by atoms with E-state index in [4.69, 9.17) is 14.2 Å². The molecule has 2 atom stereocenters. The molecule has 0 saturated carbocycles. The van der Waals surface area contributed by atoms with Gasteiger partial charge in [-0.25, -0.2) is 5.43 Å². The van der Waals surface area contributed by atoms with Gasteiger partial charge in [-0.2, -0.15) is 5.17 Å². The number of fused-ring (bicyclic) bond motifs is 2. The normalized spacial score (nSPS) is 23.3. The number of carbonyl (C=O) groups excluding carboxylic acids is 1. The van der Waals surface area contributed by atoms with Crippen LogP contribution in [-0.2, 0) is 25.6 Å². The molecule has 0 aliphatic carbocycles. The standard InChI is InChI=1S/C24H34N4O5/c1-15(2)33-24(29)21-9-7-19(13-25-21)26-18-6-8-20-17(11-18)14-32-10-4-5-16-12-22(31-3)27-28(30)23(16)20/h6,8,11-12,15,19,21,25-27,30H,4-5,7,9-10,13-14H2,1-3H3/t19-,21-/m1/s1. The van der Waals surface area contributed by atoms with Crippen molar-refractivity contribution in [3.05, 3.63) is 46.9 Å². The second kappa shape index (κ2) is 10.5. The smallest absolute Gasteiger partial charge is 0.323 e. The lowest BCUT2D eigenvalue weighted by Gasteiger charge is -2.31. The van der Waals surface area contributed by atoms with Crippen LogP contribution < -0.4 is 16.1 Å². The molecule has 9 nitrogen and oxygen atoms in total. The molecule has 180 valence electrons. The maximum atomic E-state index is 12.1. The molecular formula is C24H34N4O5. The predicted molar refractivity (Wildman–Crippen MR) is 124 cm³/mol. The lowest BCUT2D eigenvalue weighted by molar-refractivity contribution is -0.150.